The summed E-state index contributed by atoms with van der Waals surface area (Å²) in [5.74, 6) is 0.180. The van der Waals surface area contributed by atoms with Crippen LogP contribution in [0.3, 0.4) is 0 Å². The smallest absolute Gasteiger partial charge is 0.303 e. The van der Waals surface area contributed by atoms with Crippen LogP contribution in [-0.2, 0) is 25.6 Å². The average molecular weight is 348 g/mol. The fraction of sp³-hybridized carbons (Fsp3) is 0.650. The van der Waals surface area contributed by atoms with Crippen molar-refractivity contribution >= 4 is 5.97 Å². The number of rotatable bonds is 11. The molecule has 0 spiro atoms. The number of aliphatic carboxylic acids is 1. The molecule has 3 rings (SSSR count). The van der Waals surface area contributed by atoms with E-state index in [2.05, 4.69) is 12.1 Å². The standard InChI is InChI=1S/C20H28O5/c21-20(22)7-4-11-23-12-10-16-17(19-9-8-18(16)25-19)14-24-13-15-5-2-1-3-6-15/h1-3,5-6,16-19H,4,7-14H2,(H,21,22). The van der Waals surface area contributed by atoms with E-state index in [4.69, 9.17) is 19.3 Å². The molecule has 2 aliphatic rings. The Hall–Kier alpha value is -1.43. The number of ether oxygens (including phenoxy) is 3. The summed E-state index contributed by atoms with van der Waals surface area (Å²) < 4.78 is 17.7. The Morgan fingerprint density at radius 1 is 1.08 bits per heavy atom. The van der Waals surface area contributed by atoms with Gasteiger partial charge in [0.05, 0.1) is 25.4 Å². The number of carboxylic acids is 1. The molecular formula is C20H28O5. The van der Waals surface area contributed by atoms with Gasteiger partial charge in [0, 0.05) is 25.6 Å². The molecule has 4 atom stereocenters. The fourth-order valence-electron chi connectivity index (χ4n) is 4.04. The maximum atomic E-state index is 10.5. The number of carbonyl (C=O) groups is 1. The number of hydrogen-bond acceptors (Lipinski definition) is 4. The Kier molecular flexibility index (Phi) is 6.84. The molecule has 4 unspecified atom stereocenters. The maximum absolute atomic E-state index is 10.5. The second-order valence-corrected chi connectivity index (χ2v) is 7.02. The van der Waals surface area contributed by atoms with Crippen molar-refractivity contribution in [3.8, 4) is 0 Å². The van der Waals surface area contributed by atoms with Gasteiger partial charge in [-0.25, -0.2) is 0 Å². The first kappa shape index (κ1) is 18.4. The van der Waals surface area contributed by atoms with Crippen molar-refractivity contribution in [1.82, 2.24) is 0 Å². The number of benzene rings is 1. The first-order chi connectivity index (χ1) is 12.2. The van der Waals surface area contributed by atoms with Gasteiger partial charge in [-0.15, -0.1) is 0 Å². The van der Waals surface area contributed by atoms with Gasteiger partial charge in [-0.2, -0.15) is 0 Å². The van der Waals surface area contributed by atoms with E-state index >= 15 is 0 Å². The van der Waals surface area contributed by atoms with Crippen molar-refractivity contribution in [3.05, 3.63) is 35.9 Å². The monoisotopic (exact) mass is 348 g/mol. The van der Waals surface area contributed by atoms with Gasteiger partial charge in [0.25, 0.3) is 0 Å². The first-order valence-corrected chi connectivity index (χ1v) is 9.30. The lowest BCUT2D eigenvalue weighted by Gasteiger charge is -2.27. The summed E-state index contributed by atoms with van der Waals surface area (Å²) in [6.45, 7) is 2.57. The molecule has 2 saturated heterocycles. The van der Waals surface area contributed by atoms with Crippen LogP contribution in [0.4, 0.5) is 0 Å². The lowest BCUT2D eigenvalue weighted by molar-refractivity contribution is -0.137. The minimum absolute atomic E-state index is 0.174. The summed E-state index contributed by atoms with van der Waals surface area (Å²) in [5.41, 5.74) is 1.20. The van der Waals surface area contributed by atoms with Gasteiger partial charge in [-0.05, 0) is 37.2 Å². The molecule has 0 saturated carbocycles. The largest absolute Gasteiger partial charge is 0.481 e. The van der Waals surface area contributed by atoms with Crippen LogP contribution in [-0.4, -0.2) is 43.1 Å². The third-order valence-electron chi connectivity index (χ3n) is 5.29. The number of fused-ring (bicyclic) bond motifs is 2. The van der Waals surface area contributed by atoms with E-state index in [-0.39, 0.29) is 6.42 Å². The minimum atomic E-state index is -0.763. The van der Waals surface area contributed by atoms with Crippen molar-refractivity contribution in [1.29, 1.82) is 0 Å². The van der Waals surface area contributed by atoms with Crippen LogP contribution in [0.2, 0.25) is 0 Å². The highest BCUT2D eigenvalue weighted by molar-refractivity contribution is 5.66. The van der Waals surface area contributed by atoms with Crippen LogP contribution < -0.4 is 0 Å². The first-order valence-electron chi connectivity index (χ1n) is 9.30. The molecule has 1 aromatic carbocycles. The Morgan fingerprint density at radius 2 is 1.84 bits per heavy atom. The molecule has 5 nitrogen and oxygen atoms in total. The molecule has 138 valence electrons. The molecule has 25 heavy (non-hydrogen) atoms. The van der Waals surface area contributed by atoms with E-state index in [0.717, 1.165) is 25.9 Å². The van der Waals surface area contributed by atoms with Crippen molar-refractivity contribution in [2.24, 2.45) is 11.8 Å². The van der Waals surface area contributed by atoms with Gasteiger partial charge in [-0.3, -0.25) is 4.79 Å². The van der Waals surface area contributed by atoms with E-state index in [1.165, 1.54) is 5.56 Å². The van der Waals surface area contributed by atoms with Gasteiger partial charge < -0.3 is 19.3 Å². The highest BCUT2D eigenvalue weighted by Crippen LogP contribution is 2.45. The van der Waals surface area contributed by atoms with Gasteiger partial charge >= 0.3 is 5.97 Å². The third-order valence-corrected chi connectivity index (χ3v) is 5.29. The number of carboxylic acid groups (broad SMARTS) is 1. The third kappa shape index (κ3) is 5.27. The van der Waals surface area contributed by atoms with E-state index in [1.54, 1.807) is 0 Å². The Balaban J connectivity index is 1.38. The maximum Gasteiger partial charge on any atom is 0.303 e. The molecule has 1 aromatic rings. The van der Waals surface area contributed by atoms with Crippen LogP contribution in [0.5, 0.6) is 0 Å². The normalized spacial score (nSPS) is 27.7. The van der Waals surface area contributed by atoms with E-state index < -0.39 is 5.97 Å². The second kappa shape index (κ2) is 9.32. The fourth-order valence-corrected chi connectivity index (χ4v) is 4.04. The predicted molar refractivity (Wildman–Crippen MR) is 93.3 cm³/mol. The van der Waals surface area contributed by atoms with E-state index in [0.29, 0.717) is 50.3 Å². The summed E-state index contributed by atoms with van der Waals surface area (Å²) in [4.78, 5) is 10.5. The summed E-state index contributed by atoms with van der Waals surface area (Å²) in [7, 11) is 0. The Labute approximate surface area is 149 Å². The highest BCUT2D eigenvalue weighted by Gasteiger charge is 2.48. The van der Waals surface area contributed by atoms with Gasteiger partial charge in [0.2, 0.25) is 0 Å². The molecule has 0 aliphatic carbocycles. The summed E-state index contributed by atoms with van der Waals surface area (Å²) in [6.07, 6.45) is 4.67. The molecule has 0 amide bonds. The van der Waals surface area contributed by atoms with Crippen LogP contribution in [0.25, 0.3) is 0 Å². The zero-order chi connectivity index (χ0) is 17.5. The number of hydrogen-bond donors (Lipinski definition) is 1. The van der Waals surface area contributed by atoms with E-state index in [1.807, 2.05) is 18.2 Å². The zero-order valence-corrected chi connectivity index (χ0v) is 14.6. The molecule has 2 bridgehead atoms. The molecular weight excluding hydrogens is 320 g/mol. The van der Waals surface area contributed by atoms with Crippen molar-refractivity contribution in [3.63, 3.8) is 0 Å². The van der Waals surface area contributed by atoms with Crippen LogP contribution >= 0.6 is 0 Å². The Morgan fingerprint density at radius 3 is 2.60 bits per heavy atom. The zero-order valence-electron chi connectivity index (χ0n) is 14.6. The van der Waals surface area contributed by atoms with Gasteiger partial charge in [-0.1, -0.05) is 30.3 Å². The molecule has 0 radical (unpaired) electrons. The molecule has 5 heteroatoms. The highest BCUT2D eigenvalue weighted by atomic mass is 16.5. The summed E-state index contributed by atoms with van der Waals surface area (Å²) in [5, 5.41) is 8.63. The molecule has 0 aromatic heterocycles. The molecule has 2 fully saturated rings. The van der Waals surface area contributed by atoms with Crippen LogP contribution in [0.15, 0.2) is 30.3 Å². The van der Waals surface area contributed by atoms with E-state index in [9.17, 15) is 4.79 Å². The van der Waals surface area contributed by atoms with Crippen molar-refractivity contribution in [2.75, 3.05) is 19.8 Å². The Bertz CT molecular complexity index is 532. The van der Waals surface area contributed by atoms with Crippen LogP contribution in [0, 0.1) is 11.8 Å². The lowest BCUT2D eigenvalue weighted by Crippen LogP contribution is -2.31. The quantitative estimate of drug-likeness (QED) is 0.622. The summed E-state index contributed by atoms with van der Waals surface area (Å²) in [6, 6.07) is 10.2. The van der Waals surface area contributed by atoms with Crippen LogP contribution in [0.1, 0.15) is 37.7 Å². The summed E-state index contributed by atoms with van der Waals surface area (Å²) >= 11 is 0. The second-order valence-electron chi connectivity index (χ2n) is 7.02. The average Bonchev–Trinajstić information content (AvgIpc) is 3.21. The molecule has 2 heterocycles. The minimum Gasteiger partial charge on any atom is -0.481 e. The van der Waals surface area contributed by atoms with Gasteiger partial charge in [0.1, 0.15) is 0 Å². The predicted octanol–water partition coefficient (Wildman–Crippen LogP) is 3.27. The van der Waals surface area contributed by atoms with Crippen molar-refractivity contribution in [2.45, 2.75) is 50.9 Å². The lowest BCUT2D eigenvalue weighted by atomic mass is 9.78. The topological polar surface area (TPSA) is 65.0 Å². The molecule has 2 aliphatic heterocycles. The van der Waals surface area contributed by atoms with Crippen molar-refractivity contribution < 1.29 is 24.1 Å². The SMILES string of the molecule is O=C(O)CCCOCCC1C2CCC(O2)C1COCc1ccccc1. The van der Waals surface area contributed by atoms with Gasteiger partial charge in [0.15, 0.2) is 0 Å². The molecule has 1 N–H and O–H groups in total.